The molecular weight excluding hydrogens is 260 g/mol. The molecule has 2 aromatic rings. The van der Waals surface area contributed by atoms with E-state index in [4.69, 9.17) is 0 Å². The van der Waals surface area contributed by atoms with E-state index in [9.17, 15) is 4.79 Å². The highest BCUT2D eigenvalue weighted by atomic mass is 32.1. The average molecular weight is 276 g/mol. The van der Waals surface area contributed by atoms with E-state index in [1.165, 1.54) is 6.33 Å². The zero-order valence-electron chi connectivity index (χ0n) is 10.8. The normalized spacial score (nSPS) is 16.8. The number of anilines is 1. The van der Waals surface area contributed by atoms with Crippen LogP contribution in [0.1, 0.15) is 19.8 Å². The molecule has 1 atom stereocenters. The van der Waals surface area contributed by atoms with Crippen LogP contribution in [0.15, 0.2) is 17.8 Å². The van der Waals surface area contributed by atoms with Crippen molar-refractivity contribution in [1.82, 2.24) is 14.9 Å². The van der Waals surface area contributed by atoms with Crippen molar-refractivity contribution in [3.05, 3.63) is 17.8 Å². The van der Waals surface area contributed by atoms with Crippen LogP contribution >= 0.6 is 11.3 Å². The Hall–Kier alpha value is -1.69. The van der Waals surface area contributed by atoms with Crippen LogP contribution in [0.2, 0.25) is 0 Å². The zero-order chi connectivity index (χ0) is 13.2. The molecule has 100 valence electrons. The molecule has 2 aromatic heterocycles. The zero-order valence-corrected chi connectivity index (χ0v) is 11.6. The first-order chi connectivity index (χ1) is 9.25. The molecule has 0 radical (unpaired) electrons. The quantitative estimate of drug-likeness (QED) is 0.933. The molecule has 5 nitrogen and oxygen atoms in total. The summed E-state index contributed by atoms with van der Waals surface area (Å²) in [6, 6.07) is 1.71. The van der Waals surface area contributed by atoms with Crippen LogP contribution in [0.4, 0.5) is 5.82 Å². The van der Waals surface area contributed by atoms with Crippen LogP contribution in [-0.2, 0) is 4.79 Å². The molecule has 19 heavy (non-hydrogen) atoms. The summed E-state index contributed by atoms with van der Waals surface area (Å²) in [5.74, 6) is 0.904. The van der Waals surface area contributed by atoms with Crippen LogP contribution in [0, 0.1) is 0 Å². The molecule has 1 aliphatic rings. The van der Waals surface area contributed by atoms with E-state index >= 15 is 0 Å². The van der Waals surface area contributed by atoms with Gasteiger partial charge in [0.05, 0.1) is 10.2 Å². The summed E-state index contributed by atoms with van der Waals surface area (Å²) in [4.78, 5) is 22.6. The van der Waals surface area contributed by atoms with Crippen molar-refractivity contribution in [2.45, 2.75) is 25.8 Å². The molecule has 1 amide bonds. The monoisotopic (exact) mass is 276 g/mol. The second-order valence-corrected chi connectivity index (χ2v) is 5.67. The molecule has 1 fully saturated rings. The highest BCUT2D eigenvalue weighted by Gasteiger charge is 2.23. The van der Waals surface area contributed by atoms with E-state index in [1.54, 1.807) is 11.3 Å². The molecule has 1 saturated heterocycles. The molecule has 1 N–H and O–H groups in total. The van der Waals surface area contributed by atoms with Gasteiger partial charge in [0.15, 0.2) is 0 Å². The van der Waals surface area contributed by atoms with Gasteiger partial charge >= 0.3 is 0 Å². The van der Waals surface area contributed by atoms with Gasteiger partial charge in [0.1, 0.15) is 18.2 Å². The van der Waals surface area contributed by atoms with Crippen LogP contribution in [-0.4, -0.2) is 39.9 Å². The van der Waals surface area contributed by atoms with Crippen molar-refractivity contribution in [3.63, 3.8) is 0 Å². The molecule has 3 rings (SSSR count). The number of fused-ring (bicyclic) bond motifs is 1. The van der Waals surface area contributed by atoms with Crippen molar-refractivity contribution < 1.29 is 4.79 Å². The number of carbonyl (C=O) groups is 1. The summed E-state index contributed by atoms with van der Waals surface area (Å²) in [6.07, 6.45) is 3.76. The third-order valence-corrected chi connectivity index (χ3v) is 4.29. The first-order valence-corrected chi connectivity index (χ1v) is 7.37. The van der Waals surface area contributed by atoms with Gasteiger partial charge in [0, 0.05) is 13.1 Å². The highest BCUT2D eigenvalue weighted by Crippen LogP contribution is 2.25. The van der Waals surface area contributed by atoms with E-state index < -0.39 is 0 Å². The fourth-order valence-corrected chi connectivity index (χ4v) is 3.17. The largest absolute Gasteiger partial charge is 0.357 e. The van der Waals surface area contributed by atoms with Gasteiger partial charge in [-0.2, -0.15) is 0 Å². The number of aromatic nitrogens is 2. The summed E-state index contributed by atoms with van der Waals surface area (Å²) >= 11 is 1.59. The maximum absolute atomic E-state index is 12.2. The molecule has 6 heteroatoms. The van der Waals surface area contributed by atoms with E-state index in [1.807, 2.05) is 23.3 Å². The van der Waals surface area contributed by atoms with Crippen molar-refractivity contribution in [2.24, 2.45) is 0 Å². The fourth-order valence-electron chi connectivity index (χ4n) is 2.37. The van der Waals surface area contributed by atoms with Gasteiger partial charge < -0.3 is 10.2 Å². The predicted molar refractivity (Wildman–Crippen MR) is 76.3 cm³/mol. The van der Waals surface area contributed by atoms with Gasteiger partial charge in [-0.05, 0) is 31.2 Å². The number of nitrogens with one attached hydrogen (secondary N) is 1. The standard InChI is InChI=1S/C13H16N4OS/c1-9(13(18)17-5-2-3-6-17)16-12-11-10(4-7-19-11)14-8-15-12/h4,7-9H,2-3,5-6H2,1H3,(H,14,15,16). The lowest BCUT2D eigenvalue weighted by atomic mass is 10.3. The third-order valence-electron chi connectivity index (χ3n) is 3.38. The van der Waals surface area contributed by atoms with Gasteiger partial charge in [0.25, 0.3) is 0 Å². The van der Waals surface area contributed by atoms with Crippen molar-refractivity contribution in [1.29, 1.82) is 0 Å². The van der Waals surface area contributed by atoms with Gasteiger partial charge in [0.2, 0.25) is 5.91 Å². The number of hydrogen-bond acceptors (Lipinski definition) is 5. The van der Waals surface area contributed by atoms with Crippen LogP contribution in [0.3, 0.4) is 0 Å². The van der Waals surface area contributed by atoms with Crippen molar-refractivity contribution >= 4 is 33.3 Å². The van der Waals surface area contributed by atoms with Crippen LogP contribution < -0.4 is 5.32 Å². The Labute approximate surface area is 115 Å². The second-order valence-electron chi connectivity index (χ2n) is 4.76. The summed E-state index contributed by atoms with van der Waals surface area (Å²) in [7, 11) is 0. The second kappa shape index (κ2) is 5.13. The minimum atomic E-state index is -0.252. The van der Waals surface area contributed by atoms with E-state index in [0.717, 1.165) is 42.0 Å². The summed E-state index contributed by atoms with van der Waals surface area (Å²) in [5.41, 5.74) is 0.920. The molecule has 1 unspecified atom stereocenters. The highest BCUT2D eigenvalue weighted by molar-refractivity contribution is 7.17. The smallest absolute Gasteiger partial charge is 0.244 e. The SMILES string of the molecule is CC(Nc1ncnc2ccsc12)C(=O)N1CCCC1. The van der Waals surface area contributed by atoms with E-state index in [2.05, 4.69) is 15.3 Å². The van der Waals surface area contributed by atoms with Gasteiger partial charge in [-0.15, -0.1) is 11.3 Å². The van der Waals surface area contributed by atoms with Crippen molar-refractivity contribution in [3.8, 4) is 0 Å². The average Bonchev–Trinajstić information content (AvgIpc) is 3.09. The van der Waals surface area contributed by atoms with Gasteiger partial charge in [-0.1, -0.05) is 0 Å². The molecule has 0 aliphatic carbocycles. The predicted octanol–water partition coefficient (Wildman–Crippen LogP) is 2.11. The number of nitrogens with zero attached hydrogens (tertiary/aromatic N) is 3. The summed E-state index contributed by atoms with van der Waals surface area (Å²) in [6.45, 7) is 3.65. The van der Waals surface area contributed by atoms with E-state index in [0.29, 0.717) is 0 Å². The Bertz CT molecular complexity index is 591. The maximum atomic E-state index is 12.2. The first-order valence-electron chi connectivity index (χ1n) is 6.49. The Morgan fingerprint density at radius 3 is 3.00 bits per heavy atom. The Morgan fingerprint density at radius 1 is 1.42 bits per heavy atom. The fraction of sp³-hybridized carbons (Fsp3) is 0.462. The molecule has 0 aromatic carbocycles. The van der Waals surface area contributed by atoms with E-state index in [-0.39, 0.29) is 11.9 Å². The maximum Gasteiger partial charge on any atom is 0.244 e. The van der Waals surface area contributed by atoms with Gasteiger partial charge in [-0.25, -0.2) is 9.97 Å². The number of carbonyl (C=O) groups excluding carboxylic acids is 1. The molecule has 3 heterocycles. The lowest BCUT2D eigenvalue weighted by molar-refractivity contribution is -0.130. The van der Waals surface area contributed by atoms with Crippen molar-refractivity contribution in [2.75, 3.05) is 18.4 Å². The number of rotatable bonds is 3. The first kappa shape index (κ1) is 12.3. The van der Waals surface area contributed by atoms with Crippen LogP contribution in [0.25, 0.3) is 10.2 Å². The molecule has 0 saturated carbocycles. The molecular formula is C13H16N4OS. The minimum Gasteiger partial charge on any atom is -0.357 e. The Morgan fingerprint density at radius 2 is 2.21 bits per heavy atom. The number of likely N-dealkylation sites (tertiary alicyclic amines) is 1. The summed E-state index contributed by atoms with van der Waals surface area (Å²) in [5, 5.41) is 5.20. The lowest BCUT2D eigenvalue weighted by Crippen LogP contribution is -2.39. The Kier molecular flexibility index (Phi) is 3.33. The van der Waals surface area contributed by atoms with Crippen LogP contribution in [0.5, 0.6) is 0 Å². The number of amides is 1. The Balaban J connectivity index is 1.76. The van der Waals surface area contributed by atoms with Gasteiger partial charge in [-0.3, -0.25) is 4.79 Å². The number of thiophene rings is 1. The molecule has 0 spiro atoms. The third kappa shape index (κ3) is 2.40. The minimum absolute atomic E-state index is 0.154. The topological polar surface area (TPSA) is 58.1 Å². The number of hydrogen-bond donors (Lipinski definition) is 1. The lowest BCUT2D eigenvalue weighted by Gasteiger charge is -2.21. The molecule has 1 aliphatic heterocycles. The summed E-state index contributed by atoms with van der Waals surface area (Å²) < 4.78 is 1.00. The molecule has 0 bridgehead atoms.